The first-order valence-electron chi connectivity index (χ1n) is 4.49. The molecule has 1 heterocycles. The molecule has 0 spiro atoms. The van der Waals surface area contributed by atoms with Gasteiger partial charge in [0.05, 0.1) is 6.54 Å². The minimum absolute atomic E-state index is 0.00442. The number of aliphatic hydroxyl groups is 1. The molecule has 1 amide bonds. The average molecular weight is 202 g/mol. The van der Waals surface area contributed by atoms with Crippen molar-refractivity contribution in [3.05, 3.63) is 0 Å². The van der Waals surface area contributed by atoms with E-state index in [2.05, 4.69) is 5.32 Å². The molecular formula is C8H14N2O4. The molecule has 1 saturated heterocycles. The van der Waals surface area contributed by atoms with Crippen LogP contribution in [-0.2, 0) is 9.59 Å². The molecule has 0 radical (unpaired) electrons. The predicted molar refractivity (Wildman–Crippen MR) is 47.7 cm³/mol. The fourth-order valence-electron chi connectivity index (χ4n) is 1.44. The summed E-state index contributed by atoms with van der Waals surface area (Å²) in [4.78, 5) is 23.3. The van der Waals surface area contributed by atoms with Crippen molar-refractivity contribution in [1.82, 2.24) is 10.2 Å². The Morgan fingerprint density at radius 3 is 2.93 bits per heavy atom. The number of aliphatic hydroxyl groups excluding tert-OH is 1. The van der Waals surface area contributed by atoms with Crippen LogP contribution in [0.2, 0.25) is 0 Å². The lowest BCUT2D eigenvalue weighted by molar-refractivity contribution is -0.146. The first kappa shape index (κ1) is 10.9. The second kappa shape index (κ2) is 4.92. The molecule has 0 aliphatic carbocycles. The number of hydrogen-bond acceptors (Lipinski definition) is 4. The Kier molecular flexibility index (Phi) is 3.84. The number of aliphatic carboxylic acids is 1. The van der Waals surface area contributed by atoms with Crippen LogP contribution >= 0.6 is 0 Å². The van der Waals surface area contributed by atoms with Crippen LogP contribution in [0.5, 0.6) is 0 Å². The number of carboxylic acids is 1. The number of carboxylic acid groups (broad SMARTS) is 1. The number of amides is 1. The van der Waals surface area contributed by atoms with E-state index in [1.54, 1.807) is 4.90 Å². The van der Waals surface area contributed by atoms with Gasteiger partial charge in [-0.2, -0.15) is 0 Å². The van der Waals surface area contributed by atoms with Gasteiger partial charge in [0.1, 0.15) is 6.04 Å². The van der Waals surface area contributed by atoms with Gasteiger partial charge in [0.15, 0.2) is 0 Å². The van der Waals surface area contributed by atoms with E-state index in [0.29, 0.717) is 13.0 Å². The number of piperazine rings is 1. The second-order valence-corrected chi connectivity index (χ2v) is 3.21. The highest BCUT2D eigenvalue weighted by atomic mass is 16.4. The van der Waals surface area contributed by atoms with E-state index in [0.717, 1.165) is 0 Å². The van der Waals surface area contributed by atoms with Crippen molar-refractivity contribution < 1.29 is 19.8 Å². The molecule has 1 unspecified atom stereocenters. The van der Waals surface area contributed by atoms with Gasteiger partial charge in [0, 0.05) is 19.7 Å². The maximum absolute atomic E-state index is 11.0. The minimum atomic E-state index is -0.942. The number of carbonyl (C=O) groups is 2. The fraction of sp³-hybridized carbons (Fsp3) is 0.750. The highest BCUT2D eigenvalue weighted by molar-refractivity contribution is 5.83. The van der Waals surface area contributed by atoms with Gasteiger partial charge in [-0.3, -0.25) is 14.5 Å². The van der Waals surface area contributed by atoms with Gasteiger partial charge in [-0.25, -0.2) is 0 Å². The van der Waals surface area contributed by atoms with E-state index in [1.807, 2.05) is 0 Å². The molecule has 0 bridgehead atoms. The molecule has 0 saturated carbocycles. The zero-order valence-electron chi connectivity index (χ0n) is 7.77. The number of hydrogen-bond donors (Lipinski definition) is 3. The molecular weight excluding hydrogens is 188 g/mol. The lowest BCUT2D eigenvalue weighted by Crippen LogP contribution is -2.57. The molecule has 1 rings (SSSR count). The number of rotatable bonds is 4. The maximum Gasteiger partial charge on any atom is 0.322 e. The second-order valence-electron chi connectivity index (χ2n) is 3.21. The molecule has 6 heteroatoms. The SMILES string of the molecule is O=C1CN(CCCO)C(C(=O)O)CN1. The average Bonchev–Trinajstić information content (AvgIpc) is 2.14. The third kappa shape index (κ3) is 2.68. The Labute approximate surface area is 81.5 Å². The van der Waals surface area contributed by atoms with Crippen molar-refractivity contribution in [1.29, 1.82) is 0 Å². The third-order valence-electron chi connectivity index (χ3n) is 2.17. The third-order valence-corrected chi connectivity index (χ3v) is 2.17. The highest BCUT2D eigenvalue weighted by Crippen LogP contribution is 2.04. The fourth-order valence-corrected chi connectivity index (χ4v) is 1.44. The van der Waals surface area contributed by atoms with Crippen molar-refractivity contribution in [3.8, 4) is 0 Å². The molecule has 1 fully saturated rings. The lowest BCUT2D eigenvalue weighted by atomic mass is 10.2. The molecule has 1 aliphatic rings. The molecule has 1 atom stereocenters. The van der Waals surface area contributed by atoms with Gasteiger partial charge in [-0.1, -0.05) is 0 Å². The van der Waals surface area contributed by atoms with Crippen LogP contribution in [0.1, 0.15) is 6.42 Å². The first-order valence-corrected chi connectivity index (χ1v) is 4.49. The smallest absolute Gasteiger partial charge is 0.322 e. The van der Waals surface area contributed by atoms with Crippen LogP contribution in [0.4, 0.5) is 0 Å². The molecule has 80 valence electrons. The summed E-state index contributed by atoms with van der Waals surface area (Å²) in [5.74, 6) is -1.11. The van der Waals surface area contributed by atoms with E-state index >= 15 is 0 Å². The zero-order chi connectivity index (χ0) is 10.6. The Hall–Kier alpha value is -1.14. The summed E-state index contributed by atoms with van der Waals surface area (Å²) in [6.07, 6.45) is 0.483. The summed E-state index contributed by atoms with van der Waals surface area (Å²) < 4.78 is 0. The van der Waals surface area contributed by atoms with Gasteiger partial charge in [0.2, 0.25) is 5.91 Å². The predicted octanol–water partition coefficient (Wildman–Crippen LogP) is -1.75. The van der Waals surface area contributed by atoms with Gasteiger partial charge < -0.3 is 15.5 Å². The van der Waals surface area contributed by atoms with Crippen molar-refractivity contribution in [2.24, 2.45) is 0 Å². The Morgan fingerprint density at radius 1 is 1.64 bits per heavy atom. The van der Waals surface area contributed by atoms with Gasteiger partial charge >= 0.3 is 5.97 Å². The van der Waals surface area contributed by atoms with E-state index in [4.69, 9.17) is 10.2 Å². The summed E-state index contributed by atoms with van der Waals surface area (Å²) >= 11 is 0. The van der Waals surface area contributed by atoms with E-state index in [9.17, 15) is 9.59 Å². The van der Waals surface area contributed by atoms with Crippen molar-refractivity contribution in [3.63, 3.8) is 0 Å². The number of carbonyl (C=O) groups excluding carboxylic acids is 1. The van der Waals surface area contributed by atoms with Gasteiger partial charge in [0.25, 0.3) is 0 Å². The number of nitrogens with zero attached hydrogens (tertiary/aromatic N) is 1. The minimum Gasteiger partial charge on any atom is -0.480 e. The van der Waals surface area contributed by atoms with E-state index in [1.165, 1.54) is 0 Å². The van der Waals surface area contributed by atoms with Crippen LogP contribution in [0.25, 0.3) is 0 Å². The Bertz CT molecular complexity index is 231. The first-order chi connectivity index (χ1) is 6.65. The van der Waals surface area contributed by atoms with Crippen LogP contribution in [0, 0.1) is 0 Å². The Balaban J connectivity index is 2.54. The quantitative estimate of drug-likeness (QED) is 0.503. The molecule has 1 aliphatic heterocycles. The lowest BCUT2D eigenvalue weighted by Gasteiger charge is -2.32. The van der Waals surface area contributed by atoms with Crippen LogP contribution in [0.3, 0.4) is 0 Å². The normalized spacial score (nSPS) is 23.2. The monoisotopic (exact) mass is 202 g/mol. The summed E-state index contributed by atoms with van der Waals surface area (Å²) in [7, 11) is 0. The molecule has 6 nitrogen and oxygen atoms in total. The molecule has 0 aromatic heterocycles. The van der Waals surface area contributed by atoms with Crippen molar-refractivity contribution >= 4 is 11.9 Å². The number of nitrogens with one attached hydrogen (secondary N) is 1. The largest absolute Gasteiger partial charge is 0.480 e. The summed E-state index contributed by atoms with van der Waals surface area (Å²) in [5, 5.41) is 19.9. The Morgan fingerprint density at radius 2 is 2.36 bits per heavy atom. The zero-order valence-corrected chi connectivity index (χ0v) is 7.77. The van der Waals surface area contributed by atoms with Crippen molar-refractivity contribution in [2.75, 3.05) is 26.2 Å². The molecule has 0 aromatic rings. The molecule has 3 N–H and O–H groups in total. The highest BCUT2D eigenvalue weighted by Gasteiger charge is 2.30. The van der Waals surface area contributed by atoms with Crippen molar-refractivity contribution in [2.45, 2.75) is 12.5 Å². The van der Waals surface area contributed by atoms with Crippen LogP contribution in [0.15, 0.2) is 0 Å². The van der Waals surface area contributed by atoms with Crippen LogP contribution in [-0.4, -0.2) is 59.3 Å². The van der Waals surface area contributed by atoms with Gasteiger partial charge in [-0.15, -0.1) is 0 Å². The van der Waals surface area contributed by atoms with Crippen LogP contribution < -0.4 is 5.32 Å². The van der Waals surface area contributed by atoms with E-state index in [-0.39, 0.29) is 25.6 Å². The summed E-state index contributed by atoms with van der Waals surface area (Å²) in [6, 6.07) is -0.667. The maximum atomic E-state index is 11.0. The molecule has 14 heavy (non-hydrogen) atoms. The molecule has 0 aromatic carbocycles. The summed E-state index contributed by atoms with van der Waals surface area (Å²) in [5.41, 5.74) is 0. The standard InChI is InChI=1S/C8H14N2O4/c11-3-1-2-10-5-7(12)9-4-6(10)8(13)14/h6,11H,1-5H2,(H,9,12)(H,13,14). The van der Waals surface area contributed by atoms with Gasteiger partial charge in [-0.05, 0) is 6.42 Å². The topological polar surface area (TPSA) is 89.9 Å². The summed E-state index contributed by atoms with van der Waals surface area (Å²) in [6.45, 7) is 0.669. The van der Waals surface area contributed by atoms with E-state index < -0.39 is 12.0 Å².